The molecule has 2 N–H and O–H groups in total. The van der Waals surface area contributed by atoms with E-state index in [1.165, 1.54) is 24.1 Å². The molecule has 1 aliphatic rings. The van der Waals surface area contributed by atoms with Gasteiger partial charge in [-0.3, -0.25) is 14.4 Å². The SMILES string of the molecule is CN[C@@H](C)C(=O)N[C@H]1CN(C(=O)CS(C)(=O)=O)c2cc(C#N)ccc2N(Cc2c(OC)ccc3ccccc23)C1=O. The molecule has 1 heterocycles. The molecule has 0 bridgehead atoms. The Morgan fingerprint density at radius 2 is 1.88 bits per heavy atom. The lowest BCUT2D eigenvalue weighted by atomic mass is 10.0. The molecule has 1 aliphatic heterocycles. The Morgan fingerprint density at radius 3 is 2.54 bits per heavy atom. The number of hydrogen-bond acceptors (Lipinski definition) is 8. The number of ether oxygens (including phenoxy) is 1. The highest BCUT2D eigenvalue weighted by atomic mass is 32.2. The molecule has 0 saturated heterocycles. The molecule has 3 aromatic carbocycles. The van der Waals surface area contributed by atoms with Crippen molar-refractivity contribution >= 4 is 49.7 Å². The van der Waals surface area contributed by atoms with Gasteiger partial charge in [0.15, 0.2) is 9.84 Å². The van der Waals surface area contributed by atoms with Crippen LogP contribution in [-0.4, -0.2) is 70.9 Å². The maximum atomic E-state index is 14.2. The molecular formula is C29H31N5O6S. The smallest absolute Gasteiger partial charge is 0.251 e. The van der Waals surface area contributed by atoms with Crippen LogP contribution in [0.5, 0.6) is 5.75 Å². The van der Waals surface area contributed by atoms with Crippen molar-refractivity contribution in [3.05, 3.63) is 65.7 Å². The molecule has 0 saturated carbocycles. The van der Waals surface area contributed by atoms with Crippen LogP contribution in [0.1, 0.15) is 18.1 Å². The zero-order valence-electron chi connectivity index (χ0n) is 23.2. The van der Waals surface area contributed by atoms with Gasteiger partial charge in [-0.15, -0.1) is 0 Å². The van der Waals surface area contributed by atoms with Crippen LogP contribution in [-0.2, 0) is 30.8 Å². The number of rotatable bonds is 8. The first-order valence-corrected chi connectivity index (χ1v) is 14.9. The average Bonchev–Trinajstić information content (AvgIpc) is 3.06. The minimum absolute atomic E-state index is 0.00428. The number of carbonyl (C=O) groups is 3. The second-order valence-electron chi connectivity index (χ2n) is 9.85. The standard InChI is InChI=1S/C29H31N5O6S/c1-18(31-2)28(36)32-23-16-33(27(35)17-41(4,38)39)25-13-19(14-30)9-11-24(25)34(29(23)37)15-22-21-8-6-5-7-20(21)10-12-26(22)40-3/h5-13,18,23,31H,15-17H2,1-4H3,(H,32,36)/t18-,23-/m0/s1. The molecule has 0 fully saturated rings. The van der Waals surface area contributed by atoms with E-state index in [1.54, 1.807) is 26.1 Å². The number of carbonyl (C=O) groups excluding carboxylic acids is 3. The van der Waals surface area contributed by atoms with Crippen molar-refractivity contribution in [2.45, 2.75) is 25.6 Å². The molecule has 0 radical (unpaired) electrons. The van der Waals surface area contributed by atoms with Crippen LogP contribution in [0.3, 0.4) is 0 Å². The fourth-order valence-corrected chi connectivity index (χ4v) is 5.37. The van der Waals surface area contributed by atoms with Crippen LogP contribution in [0, 0.1) is 11.3 Å². The number of amides is 3. The first kappa shape index (κ1) is 29.5. The van der Waals surface area contributed by atoms with Crippen molar-refractivity contribution in [1.29, 1.82) is 5.26 Å². The van der Waals surface area contributed by atoms with Gasteiger partial charge in [-0.25, -0.2) is 8.42 Å². The van der Waals surface area contributed by atoms with Crippen LogP contribution in [0.25, 0.3) is 10.8 Å². The summed E-state index contributed by atoms with van der Waals surface area (Å²) in [6, 6.07) is 16.0. The number of anilines is 2. The Bertz CT molecular complexity index is 1670. The fourth-order valence-electron chi connectivity index (χ4n) is 4.77. The van der Waals surface area contributed by atoms with Crippen molar-refractivity contribution in [2.75, 3.05) is 42.5 Å². The lowest BCUT2D eigenvalue weighted by Gasteiger charge is -2.27. The highest BCUT2D eigenvalue weighted by Gasteiger charge is 2.38. The van der Waals surface area contributed by atoms with E-state index in [1.807, 2.05) is 36.4 Å². The summed E-state index contributed by atoms with van der Waals surface area (Å²) in [5.74, 6) is -2.07. The zero-order chi connectivity index (χ0) is 29.9. The summed E-state index contributed by atoms with van der Waals surface area (Å²) in [5.41, 5.74) is 1.37. The molecule has 3 aromatic rings. The second kappa shape index (κ2) is 12.0. The summed E-state index contributed by atoms with van der Waals surface area (Å²) >= 11 is 0. The third-order valence-corrected chi connectivity index (χ3v) is 7.75. The van der Waals surface area contributed by atoms with E-state index in [2.05, 4.69) is 10.6 Å². The quantitative estimate of drug-likeness (QED) is 0.411. The summed E-state index contributed by atoms with van der Waals surface area (Å²) < 4.78 is 29.8. The number of nitriles is 1. The molecule has 0 aromatic heterocycles. The van der Waals surface area contributed by atoms with Crippen molar-refractivity contribution in [2.24, 2.45) is 0 Å². The molecule has 0 aliphatic carbocycles. The Balaban J connectivity index is 1.92. The van der Waals surface area contributed by atoms with E-state index in [9.17, 15) is 28.1 Å². The Morgan fingerprint density at radius 1 is 1.15 bits per heavy atom. The van der Waals surface area contributed by atoms with Crippen LogP contribution < -0.4 is 25.2 Å². The number of likely N-dealkylation sites (N-methyl/N-ethyl adjacent to an activating group) is 1. The number of methoxy groups -OCH3 is 1. The van der Waals surface area contributed by atoms with Gasteiger partial charge in [-0.1, -0.05) is 30.3 Å². The summed E-state index contributed by atoms with van der Waals surface area (Å²) in [6.07, 6.45) is 0.938. The van der Waals surface area contributed by atoms with Gasteiger partial charge in [0.05, 0.1) is 49.2 Å². The van der Waals surface area contributed by atoms with Crippen molar-refractivity contribution in [3.8, 4) is 11.8 Å². The molecule has 4 rings (SSSR count). The fraction of sp³-hybridized carbons (Fsp3) is 0.310. The van der Waals surface area contributed by atoms with Crippen LogP contribution in [0.15, 0.2) is 54.6 Å². The molecule has 0 unspecified atom stereocenters. The average molecular weight is 578 g/mol. The number of benzene rings is 3. The maximum Gasteiger partial charge on any atom is 0.251 e. The van der Waals surface area contributed by atoms with Gasteiger partial charge in [0, 0.05) is 11.8 Å². The predicted molar refractivity (Wildman–Crippen MR) is 155 cm³/mol. The molecule has 41 heavy (non-hydrogen) atoms. The molecule has 2 atom stereocenters. The molecule has 11 nitrogen and oxygen atoms in total. The van der Waals surface area contributed by atoms with Crippen LogP contribution >= 0.6 is 0 Å². The highest BCUT2D eigenvalue weighted by molar-refractivity contribution is 7.91. The first-order valence-electron chi connectivity index (χ1n) is 12.8. The Labute approximate surface area is 238 Å². The summed E-state index contributed by atoms with van der Waals surface area (Å²) in [5, 5.41) is 16.9. The number of nitrogens with zero attached hydrogens (tertiary/aromatic N) is 3. The van der Waals surface area contributed by atoms with Gasteiger partial charge in [-0.05, 0) is 49.0 Å². The lowest BCUT2D eigenvalue weighted by Crippen LogP contribution is -2.56. The van der Waals surface area contributed by atoms with Gasteiger partial charge < -0.3 is 25.2 Å². The van der Waals surface area contributed by atoms with Crippen molar-refractivity contribution < 1.29 is 27.5 Å². The van der Waals surface area contributed by atoms with E-state index in [0.29, 0.717) is 11.3 Å². The monoisotopic (exact) mass is 577 g/mol. The summed E-state index contributed by atoms with van der Waals surface area (Å²) in [6.45, 7) is 1.29. The number of nitrogens with one attached hydrogen (secondary N) is 2. The molecule has 0 spiro atoms. The normalized spacial score (nSPS) is 16.0. The first-order chi connectivity index (χ1) is 19.5. The van der Waals surface area contributed by atoms with Crippen molar-refractivity contribution in [3.63, 3.8) is 0 Å². The number of fused-ring (bicyclic) bond motifs is 2. The summed E-state index contributed by atoms with van der Waals surface area (Å²) in [7, 11) is -0.615. The second-order valence-corrected chi connectivity index (χ2v) is 12.0. The minimum atomic E-state index is -3.74. The highest BCUT2D eigenvalue weighted by Crippen LogP contribution is 2.38. The molecule has 3 amide bonds. The van der Waals surface area contributed by atoms with Gasteiger partial charge in [0.2, 0.25) is 11.8 Å². The van der Waals surface area contributed by atoms with E-state index in [0.717, 1.165) is 21.9 Å². The third kappa shape index (κ3) is 6.32. The van der Waals surface area contributed by atoms with Gasteiger partial charge in [0.1, 0.15) is 17.5 Å². The van der Waals surface area contributed by atoms with Gasteiger partial charge in [0.25, 0.3) is 5.91 Å². The van der Waals surface area contributed by atoms with Gasteiger partial charge >= 0.3 is 0 Å². The zero-order valence-corrected chi connectivity index (χ0v) is 24.0. The van der Waals surface area contributed by atoms with Gasteiger partial charge in [-0.2, -0.15) is 5.26 Å². The van der Waals surface area contributed by atoms with Crippen molar-refractivity contribution in [1.82, 2.24) is 10.6 Å². The van der Waals surface area contributed by atoms with E-state index < -0.39 is 45.4 Å². The predicted octanol–water partition coefficient (Wildman–Crippen LogP) is 1.74. The Hall–Kier alpha value is -4.47. The largest absolute Gasteiger partial charge is 0.496 e. The minimum Gasteiger partial charge on any atom is -0.496 e. The van der Waals surface area contributed by atoms with E-state index >= 15 is 0 Å². The van der Waals surface area contributed by atoms with E-state index in [-0.39, 0.29) is 30.0 Å². The van der Waals surface area contributed by atoms with Crippen LogP contribution in [0.4, 0.5) is 11.4 Å². The van der Waals surface area contributed by atoms with E-state index in [4.69, 9.17) is 4.74 Å². The number of sulfone groups is 1. The topological polar surface area (TPSA) is 149 Å². The van der Waals surface area contributed by atoms with Crippen LogP contribution in [0.2, 0.25) is 0 Å². The number of hydrogen-bond donors (Lipinski definition) is 2. The molecular weight excluding hydrogens is 546 g/mol. The Kier molecular flexibility index (Phi) is 8.60. The third-order valence-electron chi connectivity index (χ3n) is 6.98. The summed E-state index contributed by atoms with van der Waals surface area (Å²) in [4.78, 5) is 43.1. The maximum absolute atomic E-state index is 14.2. The molecule has 214 valence electrons. The lowest BCUT2D eigenvalue weighted by molar-refractivity contribution is -0.128. The molecule has 12 heteroatoms.